The van der Waals surface area contributed by atoms with Gasteiger partial charge in [-0.15, -0.1) is 4.49 Å². The van der Waals surface area contributed by atoms with E-state index in [9.17, 15) is 28.0 Å². The molecule has 11 heteroatoms. The monoisotopic (exact) mass is 372 g/mol. The second-order valence-corrected chi connectivity index (χ2v) is 8.18. The zero-order valence-electron chi connectivity index (χ0n) is 12.3. The smallest absolute Gasteiger partial charge is 0.405 e. The number of rotatable bonds is 6. The molecule has 128 valence electrons. The highest BCUT2D eigenvalue weighted by Crippen LogP contribution is 2.43. The van der Waals surface area contributed by atoms with Crippen molar-refractivity contribution in [2.45, 2.75) is 11.8 Å². The molecule has 2 N–H and O–H groups in total. The molecule has 0 bridgehead atoms. The third-order valence-electron chi connectivity index (χ3n) is 2.85. The average molecular weight is 372 g/mol. The van der Waals surface area contributed by atoms with Gasteiger partial charge in [-0.1, -0.05) is 29.8 Å². The summed E-state index contributed by atoms with van der Waals surface area (Å²) in [6, 6.07) is 10.4. The number of para-hydroxylation sites is 2. The Bertz CT molecular complexity index is 912. The zero-order chi connectivity index (χ0) is 18.0. The second kappa shape index (κ2) is 6.70. The van der Waals surface area contributed by atoms with Crippen LogP contribution in [0.1, 0.15) is 5.56 Å². The fourth-order valence-corrected chi connectivity index (χ4v) is 4.46. The summed E-state index contributed by atoms with van der Waals surface area (Å²) >= 11 is 0. The van der Waals surface area contributed by atoms with Gasteiger partial charge in [0.2, 0.25) is 5.75 Å². The van der Waals surface area contributed by atoms with E-state index in [-0.39, 0.29) is 4.90 Å². The lowest BCUT2D eigenvalue weighted by molar-refractivity contribution is -0.385. The first-order chi connectivity index (χ1) is 11.1. The molecule has 2 rings (SSSR count). The first-order valence-corrected chi connectivity index (χ1v) is 9.53. The Morgan fingerprint density at radius 2 is 1.75 bits per heavy atom. The number of aryl methyl sites for hydroxylation is 1. The van der Waals surface area contributed by atoms with E-state index in [0.29, 0.717) is 0 Å². The fraction of sp³-hybridized carbons (Fsp3) is 0.0769. The minimum absolute atomic E-state index is 0.242. The summed E-state index contributed by atoms with van der Waals surface area (Å²) in [5, 5.41) is 10.9. The quantitative estimate of drug-likeness (QED) is 0.451. The molecule has 2 aromatic rings. The van der Waals surface area contributed by atoms with Crippen LogP contribution in [0.3, 0.4) is 0 Å². The molecule has 2 aromatic carbocycles. The van der Waals surface area contributed by atoms with Crippen LogP contribution in [0.5, 0.6) is 5.75 Å². The van der Waals surface area contributed by atoms with Gasteiger partial charge in [-0.3, -0.25) is 10.1 Å². The molecule has 0 aliphatic carbocycles. The maximum atomic E-state index is 12.1. The molecule has 1 unspecified atom stereocenters. The predicted octanol–water partition coefficient (Wildman–Crippen LogP) is 2.36. The van der Waals surface area contributed by atoms with Gasteiger partial charge in [0.15, 0.2) is 0 Å². The largest absolute Gasteiger partial charge is 0.470 e. The summed E-state index contributed by atoms with van der Waals surface area (Å²) in [4.78, 5) is 19.6. The molecule has 24 heavy (non-hydrogen) atoms. The van der Waals surface area contributed by atoms with E-state index in [1.165, 1.54) is 40.9 Å². The molecule has 0 radical (unpaired) electrons. The number of nitrogens with one attached hydrogen (secondary N) is 1. The first-order valence-electron chi connectivity index (χ1n) is 6.47. The Labute approximate surface area is 137 Å². The van der Waals surface area contributed by atoms with Crippen LogP contribution >= 0.6 is 7.75 Å². The summed E-state index contributed by atoms with van der Waals surface area (Å²) in [6.07, 6.45) is 0. The zero-order valence-corrected chi connectivity index (χ0v) is 14.0. The Morgan fingerprint density at radius 3 is 2.33 bits per heavy atom. The lowest BCUT2D eigenvalue weighted by atomic mass is 10.2. The van der Waals surface area contributed by atoms with Gasteiger partial charge in [-0.05, 0) is 25.1 Å². The number of nitrogens with zero attached hydrogens (tertiary/aromatic N) is 1. The summed E-state index contributed by atoms with van der Waals surface area (Å²) in [5.74, 6) is -0.528. The third-order valence-corrected chi connectivity index (χ3v) is 6.07. The SMILES string of the molecule is Cc1ccc(S(=O)(=O)NP(=O)(O)Oc2ccccc2[N+](=O)[O-])cc1. The van der Waals surface area contributed by atoms with Gasteiger partial charge in [-0.2, -0.15) is 0 Å². The Kier molecular flexibility index (Phi) is 5.05. The molecule has 1 atom stereocenters. The predicted molar refractivity (Wildman–Crippen MR) is 85.1 cm³/mol. The van der Waals surface area contributed by atoms with Crippen molar-refractivity contribution in [3.63, 3.8) is 0 Å². The van der Waals surface area contributed by atoms with Crippen LogP contribution in [-0.2, 0) is 14.6 Å². The van der Waals surface area contributed by atoms with Gasteiger partial charge in [0.25, 0.3) is 10.0 Å². The highest BCUT2D eigenvalue weighted by atomic mass is 32.2. The number of hydrogen-bond acceptors (Lipinski definition) is 6. The molecule has 0 fully saturated rings. The molecule has 0 saturated carbocycles. The van der Waals surface area contributed by atoms with Crippen molar-refractivity contribution < 1.29 is 27.3 Å². The van der Waals surface area contributed by atoms with Crippen LogP contribution < -0.4 is 9.02 Å². The number of benzene rings is 2. The number of sulfonamides is 1. The molecule has 0 aliphatic rings. The van der Waals surface area contributed by atoms with E-state index in [0.717, 1.165) is 17.7 Å². The fourth-order valence-electron chi connectivity index (χ4n) is 1.76. The molecule has 9 nitrogen and oxygen atoms in total. The van der Waals surface area contributed by atoms with E-state index < -0.39 is 34.1 Å². The molecular formula is C13H13N2O7PS. The van der Waals surface area contributed by atoms with Crippen molar-refractivity contribution in [2.24, 2.45) is 0 Å². The molecule has 0 saturated heterocycles. The normalized spacial score (nSPS) is 13.9. The van der Waals surface area contributed by atoms with Crippen molar-refractivity contribution in [3.8, 4) is 5.75 Å². The Balaban J connectivity index is 2.27. The van der Waals surface area contributed by atoms with Crippen molar-refractivity contribution in [1.82, 2.24) is 4.49 Å². The van der Waals surface area contributed by atoms with Crippen LogP contribution in [0.25, 0.3) is 0 Å². The summed E-state index contributed by atoms with van der Waals surface area (Å²) in [7, 11) is -9.27. The molecule has 0 aliphatic heterocycles. The Hall–Kier alpha value is -2.26. The lowest BCUT2D eigenvalue weighted by Gasteiger charge is -2.14. The van der Waals surface area contributed by atoms with Crippen LogP contribution in [0.4, 0.5) is 5.69 Å². The highest BCUT2D eigenvalue weighted by molar-refractivity contribution is 7.94. The van der Waals surface area contributed by atoms with Gasteiger partial charge in [0, 0.05) is 6.07 Å². The van der Waals surface area contributed by atoms with E-state index in [1.54, 1.807) is 6.92 Å². The van der Waals surface area contributed by atoms with Crippen molar-refractivity contribution in [2.75, 3.05) is 0 Å². The lowest BCUT2D eigenvalue weighted by Crippen LogP contribution is -2.23. The first kappa shape index (κ1) is 18.1. The maximum Gasteiger partial charge on any atom is 0.470 e. The average Bonchev–Trinajstić information content (AvgIpc) is 2.46. The van der Waals surface area contributed by atoms with Crippen LogP contribution in [0.15, 0.2) is 53.4 Å². The van der Waals surface area contributed by atoms with Crippen molar-refractivity contribution in [3.05, 3.63) is 64.2 Å². The molecule has 0 spiro atoms. The minimum atomic E-state index is -4.92. The maximum absolute atomic E-state index is 12.1. The van der Waals surface area contributed by atoms with Crippen molar-refractivity contribution >= 4 is 23.5 Å². The minimum Gasteiger partial charge on any atom is -0.405 e. The van der Waals surface area contributed by atoms with Gasteiger partial charge < -0.3 is 9.42 Å². The van der Waals surface area contributed by atoms with Gasteiger partial charge in [0.1, 0.15) is 0 Å². The number of hydrogen-bond donors (Lipinski definition) is 2. The van der Waals surface area contributed by atoms with Crippen LogP contribution in [0.2, 0.25) is 0 Å². The second-order valence-electron chi connectivity index (χ2n) is 4.74. The molecular weight excluding hydrogens is 359 g/mol. The summed E-state index contributed by atoms with van der Waals surface area (Å²) < 4.78 is 42.4. The molecule has 0 amide bonds. The van der Waals surface area contributed by atoms with Gasteiger partial charge in [-0.25, -0.2) is 13.0 Å². The molecule has 0 heterocycles. The summed E-state index contributed by atoms with van der Waals surface area (Å²) in [5.41, 5.74) is 0.235. The van der Waals surface area contributed by atoms with Crippen LogP contribution in [0, 0.1) is 17.0 Å². The van der Waals surface area contributed by atoms with Gasteiger partial charge in [0.05, 0.1) is 9.82 Å². The number of nitro groups is 1. The van der Waals surface area contributed by atoms with Crippen molar-refractivity contribution in [1.29, 1.82) is 0 Å². The standard InChI is InChI=1S/C13H13N2O7PS/c1-10-6-8-11(9-7-10)24(20,21)14-23(18,19)22-13-5-3-2-4-12(13)15(16)17/h2-9H,1H3,(H2,14,18,19). The topological polar surface area (TPSA) is 136 Å². The van der Waals surface area contributed by atoms with E-state index in [2.05, 4.69) is 4.52 Å². The van der Waals surface area contributed by atoms with Crippen LogP contribution in [-0.4, -0.2) is 18.2 Å². The molecule has 0 aromatic heterocycles. The Morgan fingerprint density at radius 1 is 1.17 bits per heavy atom. The third kappa shape index (κ3) is 4.39. The van der Waals surface area contributed by atoms with E-state index in [4.69, 9.17) is 0 Å². The van der Waals surface area contributed by atoms with E-state index >= 15 is 0 Å². The summed E-state index contributed by atoms with van der Waals surface area (Å²) in [6.45, 7) is 1.75. The van der Waals surface area contributed by atoms with Gasteiger partial charge >= 0.3 is 13.4 Å². The van der Waals surface area contributed by atoms with E-state index in [1.807, 2.05) is 0 Å². The highest BCUT2D eigenvalue weighted by Gasteiger charge is 2.32. The number of nitro benzene ring substituents is 1.